The minimum atomic E-state index is -0.432. The van der Waals surface area contributed by atoms with Crippen LogP contribution in [-0.2, 0) is 9.53 Å². The molecule has 2 atom stereocenters. The highest BCUT2D eigenvalue weighted by Gasteiger charge is 2.28. The van der Waals surface area contributed by atoms with E-state index in [0.29, 0.717) is 0 Å². The van der Waals surface area contributed by atoms with Crippen LogP contribution in [0, 0.1) is 5.41 Å². The lowest BCUT2D eigenvalue weighted by Gasteiger charge is -2.32. The number of nitrogens with one attached hydrogen (secondary N) is 1. The summed E-state index contributed by atoms with van der Waals surface area (Å²) in [5.41, 5.74) is 1.06. The first-order valence-corrected chi connectivity index (χ1v) is 6.24. The third-order valence-corrected chi connectivity index (χ3v) is 3.01. The standard InChI is InChI=1S/C15H23NO2/c1-11(18-5)14(17)16-13(15(2,3)4)12-9-7-6-8-10-12/h6-11,13H,1-5H3,(H,16,17). The Hall–Kier alpha value is -1.35. The number of hydrogen-bond donors (Lipinski definition) is 1. The first-order chi connectivity index (χ1) is 8.36. The molecule has 0 heterocycles. The van der Waals surface area contributed by atoms with Gasteiger partial charge in [0.1, 0.15) is 6.10 Å². The molecule has 1 rings (SSSR count). The lowest BCUT2D eigenvalue weighted by molar-refractivity contribution is -0.131. The zero-order valence-corrected chi connectivity index (χ0v) is 11.9. The number of benzene rings is 1. The van der Waals surface area contributed by atoms with Crippen molar-refractivity contribution in [3.63, 3.8) is 0 Å². The highest BCUT2D eigenvalue weighted by molar-refractivity contribution is 5.80. The molecule has 0 fully saturated rings. The van der Waals surface area contributed by atoms with Crippen LogP contribution in [0.1, 0.15) is 39.3 Å². The largest absolute Gasteiger partial charge is 0.372 e. The number of carbonyl (C=O) groups is 1. The maximum Gasteiger partial charge on any atom is 0.249 e. The average Bonchev–Trinajstić information content (AvgIpc) is 2.34. The monoisotopic (exact) mass is 249 g/mol. The summed E-state index contributed by atoms with van der Waals surface area (Å²) >= 11 is 0. The maximum atomic E-state index is 12.0. The van der Waals surface area contributed by atoms with E-state index in [2.05, 4.69) is 26.1 Å². The van der Waals surface area contributed by atoms with Crippen LogP contribution in [0.5, 0.6) is 0 Å². The third kappa shape index (κ3) is 3.84. The van der Waals surface area contributed by atoms with E-state index in [4.69, 9.17) is 4.74 Å². The number of ether oxygens (including phenoxy) is 1. The van der Waals surface area contributed by atoms with Crippen LogP contribution >= 0.6 is 0 Å². The van der Waals surface area contributed by atoms with Gasteiger partial charge in [-0.1, -0.05) is 51.1 Å². The van der Waals surface area contributed by atoms with E-state index in [1.54, 1.807) is 14.0 Å². The second-order valence-electron chi connectivity index (χ2n) is 5.60. The van der Waals surface area contributed by atoms with E-state index in [0.717, 1.165) is 5.56 Å². The van der Waals surface area contributed by atoms with Gasteiger partial charge in [0.15, 0.2) is 0 Å². The summed E-state index contributed by atoms with van der Waals surface area (Å²) in [5, 5.41) is 3.06. The molecule has 0 aliphatic heterocycles. The van der Waals surface area contributed by atoms with Crippen molar-refractivity contribution in [2.45, 2.75) is 39.8 Å². The molecule has 0 saturated heterocycles. The van der Waals surface area contributed by atoms with Crippen LogP contribution in [0.25, 0.3) is 0 Å². The van der Waals surface area contributed by atoms with Gasteiger partial charge >= 0.3 is 0 Å². The van der Waals surface area contributed by atoms with Crippen molar-refractivity contribution in [2.24, 2.45) is 5.41 Å². The van der Waals surface area contributed by atoms with Gasteiger partial charge < -0.3 is 10.1 Å². The van der Waals surface area contributed by atoms with E-state index in [9.17, 15) is 4.79 Å². The summed E-state index contributed by atoms with van der Waals surface area (Å²) in [5.74, 6) is -0.0821. The van der Waals surface area contributed by atoms with Crippen molar-refractivity contribution >= 4 is 5.91 Å². The normalized spacial score (nSPS) is 14.9. The van der Waals surface area contributed by atoms with Crippen molar-refractivity contribution in [3.05, 3.63) is 35.9 Å². The Balaban J connectivity index is 2.92. The molecule has 1 aromatic rings. The van der Waals surface area contributed by atoms with E-state index in [-0.39, 0.29) is 17.4 Å². The quantitative estimate of drug-likeness (QED) is 0.891. The summed E-state index contributed by atoms with van der Waals surface area (Å²) < 4.78 is 5.05. The molecule has 0 bridgehead atoms. The van der Waals surface area contributed by atoms with Crippen LogP contribution in [0.15, 0.2) is 30.3 Å². The van der Waals surface area contributed by atoms with Crippen LogP contribution in [0.2, 0.25) is 0 Å². The van der Waals surface area contributed by atoms with Gasteiger partial charge in [-0.25, -0.2) is 0 Å². The van der Waals surface area contributed by atoms with Crippen molar-refractivity contribution in [2.75, 3.05) is 7.11 Å². The molecule has 0 radical (unpaired) electrons. The number of amides is 1. The second kappa shape index (κ2) is 6.01. The van der Waals surface area contributed by atoms with Crippen molar-refractivity contribution in [1.29, 1.82) is 0 Å². The molecule has 1 aromatic carbocycles. The van der Waals surface area contributed by atoms with Crippen molar-refractivity contribution < 1.29 is 9.53 Å². The SMILES string of the molecule is COC(C)C(=O)NC(c1ccccc1)C(C)(C)C. The van der Waals surface area contributed by atoms with Gasteiger partial charge in [0.25, 0.3) is 0 Å². The molecule has 18 heavy (non-hydrogen) atoms. The summed E-state index contributed by atoms with van der Waals surface area (Å²) in [6.45, 7) is 8.09. The fourth-order valence-electron chi connectivity index (χ4n) is 1.81. The molecule has 3 nitrogen and oxygen atoms in total. The molecular formula is C15H23NO2. The zero-order chi connectivity index (χ0) is 13.8. The highest BCUT2D eigenvalue weighted by Crippen LogP contribution is 2.32. The fraction of sp³-hybridized carbons (Fsp3) is 0.533. The van der Waals surface area contributed by atoms with E-state index < -0.39 is 6.10 Å². The Bertz CT molecular complexity index is 381. The number of hydrogen-bond acceptors (Lipinski definition) is 2. The molecule has 1 N–H and O–H groups in total. The summed E-state index contributed by atoms with van der Waals surface area (Å²) in [6, 6.07) is 9.99. The van der Waals surface area contributed by atoms with Gasteiger partial charge in [0.2, 0.25) is 5.91 Å². The number of rotatable bonds is 4. The molecule has 0 aliphatic rings. The third-order valence-electron chi connectivity index (χ3n) is 3.01. The minimum Gasteiger partial charge on any atom is -0.372 e. The van der Waals surface area contributed by atoms with Gasteiger partial charge in [-0.15, -0.1) is 0 Å². The zero-order valence-electron chi connectivity index (χ0n) is 11.9. The summed E-state index contributed by atoms with van der Waals surface area (Å²) in [7, 11) is 1.54. The van der Waals surface area contributed by atoms with E-state index >= 15 is 0 Å². The Morgan fingerprint density at radius 1 is 1.22 bits per heavy atom. The van der Waals surface area contributed by atoms with Gasteiger partial charge in [-0.3, -0.25) is 4.79 Å². The Morgan fingerprint density at radius 3 is 2.22 bits per heavy atom. The average molecular weight is 249 g/mol. The first-order valence-electron chi connectivity index (χ1n) is 6.24. The molecule has 2 unspecified atom stereocenters. The van der Waals surface area contributed by atoms with Gasteiger partial charge in [-0.05, 0) is 17.9 Å². The van der Waals surface area contributed by atoms with Crippen LogP contribution in [0.4, 0.5) is 0 Å². The molecule has 3 heteroatoms. The molecule has 0 saturated carbocycles. The molecule has 0 aromatic heterocycles. The Kier molecular flexibility index (Phi) is 4.91. The lowest BCUT2D eigenvalue weighted by Crippen LogP contribution is -2.41. The van der Waals surface area contributed by atoms with Crippen LogP contribution < -0.4 is 5.32 Å². The molecule has 1 amide bonds. The van der Waals surface area contributed by atoms with Crippen LogP contribution in [-0.4, -0.2) is 19.1 Å². The van der Waals surface area contributed by atoms with E-state index in [1.807, 2.05) is 30.3 Å². The number of carbonyl (C=O) groups excluding carboxylic acids is 1. The van der Waals surface area contributed by atoms with Gasteiger partial charge in [0.05, 0.1) is 6.04 Å². The number of methoxy groups -OCH3 is 1. The second-order valence-corrected chi connectivity index (χ2v) is 5.60. The summed E-state index contributed by atoms with van der Waals surface area (Å²) in [4.78, 5) is 12.0. The molecule has 0 spiro atoms. The smallest absolute Gasteiger partial charge is 0.249 e. The molecular weight excluding hydrogens is 226 g/mol. The van der Waals surface area contributed by atoms with E-state index in [1.165, 1.54) is 0 Å². The Morgan fingerprint density at radius 2 is 1.78 bits per heavy atom. The summed E-state index contributed by atoms with van der Waals surface area (Å²) in [6.07, 6.45) is -0.432. The van der Waals surface area contributed by atoms with Crippen molar-refractivity contribution in [1.82, 2.24) is 5.32 Å². The molecule has 100 valence electrons. The van der Waals surface area contributed by atoms with Gasteiger partial charge in [0, 0.05) is 7.11 Å². The predicted molar refractivity (Wildman–Crippen MR) is 73.3 cm³/mol. The Labute approximate surface area is 110 Å². The first kappa shape index (κ1) is 14.7. The maximum absolute atomic E-state index is 12.0. The lowest BCUT2D eigenvalue weighted by atomic mass is 9.82. The van der Waals surface area contributed by atoms with Crippen LogP contribution in [0.3, 0.4) is 0 Å². The van der Waals surface area contributed by atoms with Gasteiger partial charge in [-0.2, -0.15) is 0 Å². The van der Waals surface area contributed by atoms with Crippen molar-refractivity contribution in [3.8, 4) is 0 Å². The topological polar surface area (TPSA) is 38.3 Å². The predicted octanol–water partition coefficient (Wildman–Crippen LogP) is 2.92. The fourth-order valence-corrected chi connectivity index (χ4v) is 1.81. The highest BCUT2D eigenvalue weighted by atomic mass is 16.5. The molecule has 0 aliphatic carbocycles. The minimum absolute atomic E-state index is 0.0243.